The number of esters is 1. The molecule has 7 nitrogen and oxygen atoms in total. The SMILES string of the molecule is CCOC(=O)c1nn(C)c2c1CN(C(=O)COc1ccc(C)cc1)CC2. The van der Waals surface area contributed by atoms with Gasteiger partial charge in [-0.15, -0.1) is 0 Å². The zero-order valence-electron chi connectivity index (χ0n) is 15.3. The molecule has 2 heterocycles. The van der Waals surface area contributed by atoms with E-state index < -0.39 is 5.97 Å². The van der Waals surface area contributed by atoms with Crippen LogP contribution in [0.2, 0.25) is 0 Å². The number of carbonyl (C=O) groups is 2. The Kier molecular flexibility index (Phi) is 5.25. The van der Waals surface area contributed by atoms with Gasteiger partial charge in [0.1, 0.15) is 5.75 Å². The van der Waals surface area contributed by atoms with Crippen LogP contribution in [0.15, 0.2) is 24.3 Å². The van der Waals surface area contributed by atoms with E-state index in [-0.39, 0.29) is 19.1 Å². The quantitative estimate of drug-likeness (QED) is 0.764. The van der Waals surface area contributed by atoms with E-state index in [9.17, 15) is 9.59 Å². The normalized spacial score (nSPS) is 13.3. The molecule has 7 heteroatoms. The molecule has 0 unspecified atom stereocenters. The number of fused-ring (bicyclic) bond motifs is 1. The third-order valence-corrected chi connectivity index (χ3v) is 4.45. The van der Waals surface area contributed by atoms with E-state index in [2.05, 4.69) is 5.10 Å². The maximum atomic E-state index is 12.5. The molecule has 0 saturated heterocycles. The third kappa shape index (κ3) is 3.71. The van der Waals surface area contributed by atoms with Crippen LogP contribution in [0.4, 0.5) is 0 Å². The van der Waals surface area contributed by atoms with Crippen molar-refractivity contribution in [2.75, 3.05) is 19.8 Å². The van der Waals surface area contributed by atoms with E-state index >= 15 is 0 Å². The van der Waals surface area contributed by atoms with Crippen LogP contribution >= 0.6 is 0 Å². The highest BCUT2D eigenvalue weighted by atomic mass is 16.5. The lowest BCUT2D eigenvalue weighted by atomic mass is 10.0. The molecule has 2 aromatic rings. The van der Waals surface area contributed by atoms with Crippen molar-refractivity contribution in [3.05, 3.63) is 46.8 Å². The van der Waals surface area contributed by atoms with Gasteiger partial charge in [0.05, 0.1) is 13.2 Å². The van der Waals surface area contributed by atoms with Crippen molar-refractivity contribution >= 4 is 11.9 Å². The highest BCUT2D eigenvalue weighted by Gasteiger charge is 2.29. The summed E-state index contributed by atoms with van der Waals surface area (Å²) in [7, 11) is 1.81. The molecule has 1 amide bonds. The Morgan fingerprint density at radius 3 is 2.65 bits per heavy atom. The van der Waals surface area contributed by atoms with Crippen LogP contribution in [0.1, 0.15) is 34.2 Å². The second kappa shape index (κ2) is 7.59. The van der Waals surface area contributed by atoms with Gasteiger partial charge >= 0.3 is 5.97 Å². The fourth-order valence-electron chi connectivity index (χ4n) is 3.04. The van der Waals surface area contributed by atoms with Crippen LogP contribution in [0, 0.1) is 6.92 Å². The summed E-state index contributed by atoms with van der Waals surface area (Å²) in [5.74, 6) is 0.0969. The predicted molar refractivity (Wildman–Crippen MR) is 95.0 cm³/mol. The fraction of sp³-hybridized carbons (Fsp3) is 0.421. The number of ether oxygens (including phenoxy) is 2. The van der Waals surface area contributed by atoms with Gasteiger partial charge in [0, 0.05) is 31.3 Å². The average molecular weight is 357 g/mol. The minimum atomic E-state index is -0.449. The molecule has 3 rings (SSSR count). The minimum Gasteiger partial charge on any atom is -0.484 e. The van der Waals surface area contributed by atoms with E-state index in [0.717, 1.165) is 16.8 Å². The second-order valence-electron chi connectivity index (χ2n) is 6.28. The number of nitrogens with zero attached hydrogens (tertiary/aromatic N) is 3. The topological polar surface area (TPSA) is 73.7 Å². The van der Waals surface area contributed by atoms with Crippen LogP contribution in [0.25, 0.3) is 0 Å². The predicted octanol–water partition coefficient (Wildman–Crippen LogP) is 1.87. The zero-order valence-corrected chi connectivity index (χ0v) is 15.3. The van der Waals surface area contributed by atoms with Crippen molar-refractivity contribution in [2.24, 2.45) is 7.05 Å². The van der Waals surface area contributed by atoms with Crippen LogP contribution in [-0.4, -0.2) is 46.3 Å². The number of hydrogen-bond acceptors (Lipinski definition) is 5. The summed E-state index contributed by atoms with van der Waals surface area (Å²) in [6, 6.07) is 7.57. The second-order valence-corrected chi connectivity index (χ2v) is 6.28. The first-order valence-corrected chi connectivity index (χ1v) is 8.68. The fourth-order valence-corrected chi connectivity index (χ4v) is 3.04. The van der Waals surface area contributed by atoms with Gasteiger partial charge in [0.25, 0.3) is 5.91 Å². The Balaban J connectivity index is 1.68. The van der Waals surface area contributed by atoms with Gasteiger partial charge in [-0.3, -0.25) is 9.48 Å². The van der Waals surface area contributed by atoms with Crippen molar-refractivity contribution in [2.45, 2.75) is 26.8 Å². The number of amides is 1. The molecule has 0 radical (unpaired) electrons. The molecule has 0 N–H and O–H groups in total. The maximum absolute atomic E-state index is 12.5. The van der Waals surface area contributed by atoms with Crippen molar-refractivity contribution in [1.29, 1.82) is 0 Å². The minimum absolute atomic E-state index is 0.0343. The number of hydrogen-bond donors (Lipinski definition) is 0. The summed E-state index contributed by atoms with van der Waals surface area (Å²) < 4.78 is 12.4. The summed E-state index contributed by atoms with van der Waals surface area (Å²) in [6.07, 6.45) is 0.647. The lowest BCUT2D eigenvalue weighted by molar-refractivity contribution is -0.134. The first-order chi connectivity index (χ1) is 12.5. The number of aromatic nitrogens is 2. The van der Waals surface area contributed by atoms with Gasteiger partial charge in [0.2, 0.25) is 0 Å². The molecule has 0 atom stereocenters. The molecule has 0 aliphatic carbocycles. The lowest BCUT2D eigenvalue weighted by Gasteiger charge is -2.27. The third-order valence-electron chi connectivity index (χ3n) is 4.45. The standard InChI is InChI=1S/C19H23N3O4/c1-4-25-19(24)18-15-11-22(10-9-16(15)21(3)20-18)17(23)12-26-14-7-5-13(2)6-8-14/h5-8H,4,9-12H2,1-3H3. The largest absolute Gasteiger partial charge is 0.484 e. The maximum Gasteiger partial charge on any atom is 0.359 e. The molecule has 1 aliphatic heterocycles. The van der Waals surface area contributed by atoms with Crippen LogP contribution < -0.4 is 4.74 Å². The van der Waals surface area contributed by atoms with Gasteiger partial charge in [-0.25, -0.2) is 4.79 Å². The first kappa shape index (κ1) is 18.0. The summed E-state index contributed by atoms with van der Waals surface area (Å²) >= 11 is 0. The first-order valence-electron chi connectivity index (χ1n) is 8.68. The van der Waals surface area contributed by atoms with Crippen molar-refractivity contribution < 1.29 is 19.1 Å². The molecule has 0 spiro atoms. The smallest absolute Gasteiger partial charge is 0.359 e. The van der Waals surface area contributed by atoms with E-state index in [4.69, 9.17) is 9.47 Å². The van der Waals surface area contributed by atoms with Crippen LogP contribution in [-0.2, 0) is 29.5 Å². The number of benzene rings is 1. The molecule has 1 aromatic carbocycles. The Labute approximate surface area is 152 Å². The van der Waals surface area contributed by atoms with Gasteiger partial charge in [0.15, 0.2) is 12.3 Å². The molecular formula is C19H23N3O4. The van der Waals surface area contributed by atoms with Crippen molar-refractivity contribution in [3.63, 3.8) is 0 Å². The van der Waals surface area contributed by atoms with Crippen molar-refractivity contribution in [3.8, 4) is 5.75 Å². The molecule has 0 saturated carbocycles. The molecule has 1 aliphatic rings. The number of aryl methyl sites for hydroxylation is 2. The Morgan fingerprint density at radius 2 is 1.96 bits per heavy atom. The van der Waals surface area contributed by atoms with Gasteiger partial charge in [-0.05, 0) is 26.0 Å². The van der Waals surface area contributed by atoms with Gasteiger partial charge in [-0.2, -0.15) is 5.10 Å². The van der Waals surface area contributed by atoms with E-state index in [1.165, 1.54) is 0 Å². The Hall–Kier alpha value is -2.83. The summed E-state index contributed by atoms with van der Waals surface area (Å²) in [5, 5.41) is 4.28. The van der Waals surface area contributed by atoms with Crippen molar-refractivity contribution in [1.82, 2.24) is 14.7 Å². The summed E-state index contributed by atoms with van der Waals surface area (Å²) in [6.45, 7) is 4.92. The highest BCUT2D eigenvalue weighted by molar-refractivity contribution is 5.89. The van der Waals surface area contributed by atoms with Crippen LogP contribution in [0.3, 0.4) is 0 Å². The van der Waals surface area contributed by atoms with E-state index in [0.29, 0.717) is 31.0 Å². The number of carbonyl (C=O) groups excluding carboxylic acids is 2. The van der Waals surface area contributed by atoms with Crippen LogP contribution in [0.5, 0.6) is 5.75 Å². The average Bonchev–Trinajstić information content (AvgIpc) is 2.97. The lowest BCUT2D eigenvalue weighted by Crippen LogP contribution is -2.39. The number of rotatable bonds is 5. The summed E-state index contributed by atoms with van der Waals surface area (Å²) in [4.78, 5) is 26.3. The van der Waals surface area contributed by atoms with Gasteiger partial charge in [-0.1, -0.05) is 17.7 Å². The van der Waals surface area contributed by atoms with E-state index in [1.807, 2.05) is 31.2 Å². The molecule has 138 valence electrons. The highest BCUT2D eigenvalue weighted by Crippen LogP contribution is 2.23. The van der Waals surface area contributed by atoms with Gasteiger partial charge < -0.3 is 14.4 Å². The Morgan fingerprint density at radius 1 is 1.23 bits per heavy atom. The Bertz CT molecular complexity index is 811. The monoisotopic (exact) mass is 357 g/mol. The molecule has 1 aromatic heterocycles. The molecule has 0 bridgehead atoms. The molecular weight excluding hydrogens is 334 g/mol. The zero-order chi connectivity index (χ0) is 18.7. The summed E-state index contributed by atoms with van der Waals surface area (Å²) in [5.41, 5.74) is 3.16. The molecule has 0 fully saturated rings. The molecule has 26 heavy (non-hydrogen) atoms. The van der Waals surface area contributed by atoms with E-state index in [1.54, 1.807) is 23.6 Å².